The van der Waals surface area contributed by atoms with Gasteiger partial charge < -0.3 is 4.74 Å². The van der Waals surface area contributed by atoms with Crippen LogP contribution in [-0.2, 0) is 14.3 Å². The molecule has 3 nitrogen and oxygen atoms in total. The van der Waals surface area contributed by atoms with Gasteiger partial charge in [0.1, 0.15) is 11.9 Å². The van der Waals surface area contributed by atoms with Crippen molar-refractivity contribution < 1.29 is 14.3 Å². The van der Waals surface area contributed by atoms with E-state index in [4.69, 9.17) is 4.74 Å². The van der Waals surface area contributed by atoms with E-state index in [9.17, 15) is 9.59 Å². The number of ether oxygens (including phenoxy) is 1. The summed E-state index contributed by atoms with van der Waals surface area (Å²) in [7, 11) is 0. The van der Waals surface area contributed by atoms with Crippen LogP contribution < -0.4 is 0 Å². The maximum atomic E-state index is 13.3. The van der Waals surface area contributed by atoms with Crippen molar-refractivity contribution in [2.75, 3.05) is 11.5 Å². The molecule has 0 unspecified atom stereocenters. The van der Waals surface area contributed by atoms with E-state index in [0.717, 1.165) is 42.8 Å². The molecular formula is C22H34O3S2. The van der Waals surface area contributed by atoms with E-state index in [2.05, 4.69) is 44.0 Å². The monoisotopic (exact) mass is 410 g/mol. The largest absolute Gasteiger partial charge is 0.462 e. The first-order valence-electron chi connectivity index (χ1n) is 10.1. The van der Waals surface area contributed by atoms with Gasteiger partial charge in [-0.05, 0) is 59.3 Å². The number of ketones is 1. The Morgan fingerprint density at radius 1 is 1.22 bits per heavy atom. The lowest BCUT2D eigenvalue weighted by Crippen LogP contribution is -2.44. The van der Waals surface area contributed by atoms with Crippen LogP contribution in [0, 0.1) is 22.7 Å². The highest BCUT2D eigenvalue weighted by atomic mass is 32.2. The van der Waals surface area contributed by atoms with E-state index in [1.165, 1.54) is 0 Å². The minimum Gasteiger partial charge on any atom is -0.462 e. The van der Waals surface area contributed by atoms with E-state index in [1.54, 1.807) is 0 Å². The average molecular weight is 411 g/mol. The van der Waals surface area contributed by atoms with Crippen molar-refractivity contribution in [3.8, 4) is 0 Å². The Labute approximate surface area is 172 Å². The number of allylic oxidation sites excluding steroid dienone is 1. The van der Waals surface area contributed by atoms with Crippen LogP contribution >= 0.6 is 23.5 Å². The summed E-state index contributed by atoms with van der Waals surface area (Å²) in [5, 5.41) is 0. The lowest BCUT2D eigenvalue weighted by molar-refractivity contribution is -0.162. The molecule has 3 rings (SSSR count). The molecule has 3 fully saturated rings. The molecule has 0 aromatic rings. The number of carbonyl (C=O) groups is 2. The minimum atomic E-state index is -0.510. The summed E-state index contributed by atoms with van der Waals surface area (Å²) >= 11 is 4.11. The van der Waals surface area contributed by atoms with Gasteiger partial charge in [0.2, 0.25) is 0 Å². The fourth-order valence-corrected chi connectivity index (χ4v) is 8.28. The zero-order valence-electron chi connectivity index (χ0n) is 17.4. The fraction of sp³-hybridized carbons (Fsp3) is 0.818. The van der Waals surface area contributed by atoms with E-state index in [0.29, 0.717) is 12.2 Å². The van der Waals surface area contributed by atoms with Crippen LogP contribution in [0.1, 0.15) is 66.7 Å². The van der Waals surface area contributed by atoms with E-state index < -0.39 is 5.41 Å². The smallest absolute Gasteiger partial charge is 0.311 e. The Balaban J connectivity index is 1.91. The lowest BCUT2D eigenvalue weighted by atomic mass is 9.68. The Hall–Kier alpha value is -0.420. The molecule has 0 amide bonds. The molecule has 0 aromatic heterocycles. The highest BCUT2D eigenvalue weighted by molar-refractivity contribution is 8.21. The molecule has 0 bridgehead atoms. The summed E-state index contributed by atoms with van der Waals surface area (Å²) in [4.78, 5) is 25.9. The van der Waals surface area contributed by atoms with Gasteiger partial charge in [0.25, 0.3) is 0 Å². The molecule has 27 heavy (non-hydrogen) atoms. The molecule has 1 saturated heterocycles. The summed E-state index contributed by atoms with van der Waals surface area (Å²) < 4.78 is 6.14. The first-order chi connectivity index (χ1) is 12.5. The zero-order chi connectivity index (χ0) is 20.0. The molecule has 2 aliphatic carbocycles. The van der Waals surface area contributed by atoms with Crippen LogP contribution in [0.4, 0.5) is 0 Å². The summed E-state index contributed by atoms with van der Waals surface area (Å²) in [5.74, 6) is 2.92. The standard InChI is InChI=1S/C22H34O3S2/c1-14(2)15-11-18(23)21(6)8-7-17(25-19(24)20(3,4)5)16(21)13-22(12-15)26-9-10-27-22/h15-17H,1,7-13H2,2-6H3/t15-,16+,17+,21-/m0/s1. The average Bonchev–Trinajstić information content (AvgIpc) is 3.13. The van der Waals surface area contributed by atoms with Crippen molar-refractivity contribution in [3.05, 3.63) is 12.2 Å². The van der Waals surface area contributed by atoms with E-state index >= 15 is 0 Å². The fourth-order valence-electron chi connectivity index (χ4n) is 4.80. The predicted octanol–water partition coefficient (Wildman–Crippen LogP) is 5.48. The Kier molecular flexibility index (Phi) is 5.87. The third-order valence-electron chi connectivity index (χ3n) is 6.75. The predicted molar refractivity (Wildman–Crippen MR) is 115 cm³/mol. The highest BCUT2D eigenvalue weighted by Crippen LogP contribution is 2.60. The third kappa shape index (κ3) is 4.14. The molecule has 0 aromatic carbocycles. The van der Waals surface area contributed by atoms with Gasteiger partial charge in [0.05, 0.1) is 9.49 Å². The molecule has 1 heterocycles. The molecule has 1 aliphatic heterocycles. The van der Waals surface area contributed by atoms with Crippen LogP contribution in [0.3, 0.4) is 0 Å². The Morgan fingerprint density at radius 3 is 2.41 bits per heavy atom. The topological polar surface area (TPSA) is 43.4 Å². The highest BCUT2D eigenvalue weighted by Gasteiger charge is 2.57. The molecule has 2 saturated carbocycles. The van der Waals surface area contributed by atoms with Gasteiger partial charge in [0, 0.05) is 29.3 Å². The SMILES string of the molecule is C=C(C)[C@H]1CC(=O)[C@@]2(C)CC[C@@H](OC(=O)C(C)(C)C)[C@H]2CC2(C1)SCCS2. The maximum absolute atomic E-state index is 13.3. The van der Waals surface area contributed by atoms with Crippen molar-refractivity contribution in [1.29, 1.82) is 0 Å². The normalized spacial score (nSPS) is 36.2. The summed E-state index contributed by atoms with van der Waals surface area (Å²) in [6, 6.07) is 0. The number of thioether (sulfide) groups is 2. The van der Waals surface area contributed by atoms with Crippen LogP contribution in [-0.4, -0.2) is 33.4 Å². The van der Waals surface area contributed by atoms with Gasteiger partial charge in [-0.25, -0.2) is 0 Å². The summed E-state index contributed by atoms with van der Waals surface area (Å²) in [6.45, 7) is 14.1. The van der Waals surface area contributed by atoms with Gasteiger partial charge >= 0.3 is 5.97 Å². The Morgan fingerprint density at radius 2 is 1.85 bits per heavy atom. The molecule has 0 N–H and O–H groups in total. The quantitative estimate of drug-likeness (QED) is 0.445. The second-order valence-corrected chi connectivity index (χ2v) is 13.2. The number of carbonyl (C=O) groups excluding carboxylic acids is 2. The van der Waals surface area contributed by atoms with Crippen molar-refractivity contribution in [2.24, 2.45) is 22.7 Å². The number of hydrogen-bond donors (Lipinski definition) is 0. The van der Waals surface area contributed by atoms with Crippen molar-refractivity contribution in [2.45, 2.75) is 76.9 Å². The van der Waals surface area contributed by atoms with Crippen molar-refractivity contribution >= 4 is 35.3 Å². The minimum absolute atomic E-state index is 0.125. The van der Waals surface area contributed by atoms with Gasteiger partial charge in [-0.15, -0.1) is 23.5 Å². The number of esters is 1. The number of fused-ring (bicyclic) bond motifs is 1. The summed E-state index contributed by atoms with van der Waals surface area (Å²) in [5.41, 5.74) is 0.240. The first kappa shape index (κ1) is 21.3. The molecule has 5 heteroatoms. The maximum Gasteiger partial charge on any atom is 0.311 e. The van der Waals surface area contributed by atoms with Crippen LogP contribution in [0.2, 0.25) is 0 Å². The zero-order valence-corrected chi connectivity index (χ0v) is 19.1. The number of Topliss-reactive ketones (excluding diaryl/α,β-unsaturated/α-hetero) is 1. The van der Waals surface area contributed by atoms with Gasteiger partial charge in [0.15, 0.2) is 0 Å². The van der Waals surface area contributed by atoms with Crippen molar-refractivity contribution in [3.63, 3.8) is 0 Å². The van der Waals surface area contributed by atoms with E-state index in [-0.39, 0.29) is 33.4 Å². The summed E-state index contributed by atoms with van der Waals surface area (Å²) in [6.07, 6.45) is 4.05. The van der Waals surface area contributed by atoms with E-state index in [1.807, 2.05) is 20.8 Å². The van der Waals surface area contributed by atoms with Crippen LogP contribution in [0.25, 0.3) is 0 Å². The van der Waals surface area contributed by atoms with Gasteiger partial charge in [-0.2, -0.15) is 0 Å². The second-order valence-electron chi connectivity index (χ2n) is 9.94. The number of hydrogen-bond acceptors (Lipinski definition) is 5. The lowest BCUT2D eigenvalue weighted by Gasteiger charge is -2.43. The van der Waals surface area contributed by atoms with Gasteiger partial charge in [-0.3, -0.25) is 9.59 Å². The third-order valence-corrected chi connectivity index (χ3v) is 10.3. The molecule has 4 atom stereocenters. The molecular weight excluding hydrogens is 376 g/mol. The second kappa shape index (κ2) is 7.44. The van der Waals surface area contributed by atoms with Gasteiger partial charge in [-0.1, -0.05) is 19.1 Å². The Bertz CT molecular complexity index is 630. The van der Waals surface area contributed by atoms with Crippen LogP contribution in [0.15, 0.2) is 12.2 Å². The number of rotatable bonds is 2. The molecule has 0 radical (unpaired) electrons. The molecule has 3 aliphatic rings. The first-order valence-corrected chi connectivity index (χ1v) is 12.1. The molecule has 1 spiro atoms. The molecule has 152 valence electrons. The van der Waals surface area contributed by atoms with Crippen molar-refractivity contribution in [1.82, 2.24) is 0 Å². The van der Waals surface area contributed by atoms with Crippen LogP contribution in [0.5, 0.6) is 0 Å².